The molecule has 3 aromatic rings. The highest BCUT2D eigenvalue weighted by atomic mass is 32.1. The van der Waals surface area contributed by atoms with Crippen molar-refractivity contribution in [1.29, 1.82) is 0 Å². The lowest BCUT2D eigenvalue weighted by Crippen LogP contribution is -2.51. The first-order valence-corrected chi connectivity index (χ1v) is 10.0. The van der Waals surface area contributed by atoms with Gasteiger partial charge in [0.1, 0.15) is 10.5 Å². The monoisotopic (exact) mass is 369 g/mol. The van der Waals surface area contributed by atoms with Gasteiger partial charge in [0.05, 0.1) is 5.56 Å². The molecule has 2 saturated heterocycles. The number of hydrogen-bond donors (Lipinski definition) is 1. The highest BCUT2D eigenvalue weighted by Crippen LogP contribution is 2.35. The van der Waals surface area contributed by atoms with Gasteiger partial charge in [0.2, 0.25) is 0 Å². The van der Waals surface area contributed by atoms with Gasteiger partial charge >= 0.3 is 0 Å². The Labute approximate surface area is 156 Å². The third kappa shape index (κ3) is 2.90. The second-order valence-electron chi connectivity index (χ2n) is 7.61. The molecule has 2 fully saturated rings. The van der Waals surface area contributed by atoms with Crippen molar-refractivity contribution in [2.75, 3.05) is 32.1 Å². The van der Waals surface area contributed by atoms with Crippen LogP contribution in [0.3, 0.4) is 0 Å². The van der Waals surface area contributed by atoms with Gasteiger partial charge in [0.25, 0.3) is 6.01 Å². The topological polar surface area (TPSA) is 57.4 Å². The lowest BCUT2D eigenvalue weighted by atomic mass is 10.1. The second kappa shape index (κ2) is 6.33. The molecule has 1 aromatic carbocycles. The van der Waals surface area contributed by atoms with Crippen LogP contribution < -0.4 is 10.2 Å². The van der Waals surface area contributed by atoms with E-state index in [-0.39, 0.29) is 0 Å². The van der Waals surface area contributed by atoms with Crippen molar-refractivity contribution in [2.45, 2.75) is 31.5 Å². The van der Waals surface area contributed by atoms with Crippen LogP contribution in [0.1, 0.15) is 18.4 Å². The highest BCUT2D eigenvalue weighted by Gasteiger charge is 2.34. The number of nitrogens with one attached hydrogen (secondary N) is 1. The Morgan fingerprint density at radius 2 is 2.08 bits per heavy atom. The summed E-state index contributed by atoms with van der Waals surface area (Å²) in [6.07, 6.45) is 4.34. The molecule has 26 heavy (non-hydrogen) atoms. The van der Waals surface area contributed by atoms with E-state index in [0.29, 0.717) is 12.1 Å². The molecular weight excluding hydrogens is 346 g/mol. The molecule has 1 N–H and O–H groups in total. The summed E-state index contributed by atoms with van der Waals surface area (Å²) in [6.45, 7) is 2.81. The van der Waals surface area contributed by atoms with Crippen molar-refractivity contribution in [3.8, 4) is 10.6 Å². The molecule has 0 aliphatic carbocycles. The van der Waals surface area contributed by atoms with Crippen LogP contribution in [0.15, 0.2) is 28.1 Å². The molecule has 6 nitrogen and oxygen atoms in total. The van der Waals surface area contributed by atoms with E-state index < -0.39 is 0 Å². The van der Waals surface area contributed by atoms with Crippen molar-refractivity contribution < 1.29 is 4.42 Å². The summed E-state index contributed by atoms with van der Waals surface area (Å²) in [5.74, 6) is 0. The Bertz CT molecular complexity index is 908. The number of oxazole rings is 1. The van der Waals surface area contributed by atoms with Crippen LogP contribution in [0, 0.1) is 0 Å². The van der Waals surface area contributed by atoms with Gasteiger partial charge in [-0.1, -0.05) is 0 Å². The second-order valence-corrected chi connectivity index (χ2v) is 8.50. The Morgan fingerprint density at radius 3 is 2.77 bits per heavy atom. The fourth-order valence-electron chi connectivity index (χ4n) is 4.14. The third-order valence-electron chi connectivity index (χ3n) is 5.19. The molecule has 4 heterocycles. The van der Waals surface area contributed by atoms with Crippen LogP contribution in [0.2, 0.25) is 0 Å². The Hall–Kier alpha value is -1.96. The molecule has 0 radical (unpaired) electrons. The SMILES string of the molecule is CN(C)Cc1cc(-c2nccs2)c2oc(N3CC4CCC(C3)N4)nc2c1. The van der Waals surface area contributed by atoms with E-state index in [1.807, 2.05) is 11.6 Å². The molecule has 136 valence electrons. The zero-order chi connectivity index (χ0) is 17.7. The lowest BCUT2D eigenvalue weighted by Gasteiger charge is -2.31. The van der Waals surface area contributed by atoms with E-state index in [1.165, 1.54) is 18.4 Å². The van der Waals surface area contributed by atoms with E-state index in [9.17, 15) is 0 Å². The zero-order valence-electron chi connectivity index (χ0n) is 15.1. The molecule has 2 aliphatic heterocycles. The van der Waals surface area contributed by atoms with Crippen LogP contribution >= 0.6 is 11.3 Å². The fraction of sp³-hybridized carbons (Fsp3) is 0.474. The van der Waals surface area contributed by atoms with Crippen molar-refractivity contribution in [1.82, 2.24) is 20.2 Å². The van der Waals surface area contributed by atoms with Crippen molar-refractivity contribution in [3.05, 3.63) is 29.3 Å². The third-order valence-corrected chi connectivity index (χ3v) is 5.99. The van der Waals surface area contributed by atoms with Crippen molar-refractivity contribution in [2.24, 2.45) is 0 Å². The number of benzene rings is 1. The molecule has 7 heteroatoms. The van der Waals surface area contributed by atoms with E-state index in [0.717, 1.165) is 47.3 Å². The Balaban J connectivity index is 1.59. The Morgan fingerprint density at radius 1 is 1.27 bits per heavy atom. The van der Waals surface area contributed by atoms with Crippen LogP contribution in [0.5, 0.6) is 0 Å². The van der Waals surface area contributed by atoms with E-state index in [2.05, 4.69) is 46.3 Å². The molecule has 0 amide bonds. The van der Waals surface area contributed by atoms with E-state index in [4.69, 9.17) is 9.40 Å². The van der Waals surface area contributed by atoms with Crippen LogP contribution in [0.4, 0.5) is 6.01 Å². The summed E-state index contributed by atoms with van der Waals surface area (Å²) in [5.41, 5.74) is 4.05. The largest absolute Gasteiger partial charge is 0.423 e. The van der Waals surface area contributed by atoms with E-state index >= 15 is 0 Å². The number of fused-ring (bicyclic) bond motifs is 3. The number of rotatable bonds is 4. The number of nitrogens with zero attached hydrogens (tertiary/aromatic N) is 4. The molecule has 2 aromatic heterocycles. The maximum Gasteiger partial charge on any atom is 0.298 e. The normalized spacial score (nSPS) is 22.7. The minimum atomic E-state index is 0.562. The molecule has 0 spiro atoms. The summed E-state index contributed by atoms with van der Waals surface area (Å²) < 4.78 is 6.29. The number of thiazole rings is 1. The standard InChI is InChI=1S/C19H23N5OS/c1-23(2)9-12-7-15(18-20-5-6-26-18)17-16(8-12)22-19(25-17)24-10-13-3-4-14(11-24)21-13/h5-8,13-14,21H,3-4,9-11H2,1-2H3. The molecule has 2 atom stereocenters. The molecule has 2 aliphatic rings. The van der Waals surface area contributed by atoms with Gasteiger partial charge in [0.15, 0.2) is 5.58 Å². The first-order chi connectivity index (χ1) is 12.7. The minimum absolute atomic E-state index is 0.562. The van der Waals surface area contributed by atoms with Gasteiger partial charge in [-0.3, -0.25) is 0 Å². The molecule has 5 rings (SSSR count). The molecule has 2 unspecified atom stereocenters. The summed E-state index contributed by atoms with van der Waals surface area (Å²) in [6, 6.07) is 6.21. The average Bonchev–Trinajstić information content (AvgIpc) is 3.33. The van der Waals surface area contributed by atoms with Gasteiger partial charge in [-0.25, -0.2) is 4.98 Å². The first kappa shape index (κ1) is 16.2. The minimum Gasteiger partial charge on any atom is -0.423 e. The number of hydrogen-bond acceptors (Lipinski definition) is 7. The maximum atomic E-state index is 6.29. The average molecular weight is 369 g/mol. The highest BCUT2D eigenvalue weighted by molar-refractivity contribution is 7.13. The molecular formula is C19H23N5OS. The van der Waals surface area contributed by atoms with Gasteiger partial charge in [-0.15, -0.1) is 11.3 Å². The summed E-state index contributed by atoms with van der Waals surface area (Å²) in [4.78, 5) is 13.8. The fourth-order valence-corrected chi connectivity index (χ4v) is 4.79. The van der Waals surface area contributed by atoms with Gasteiger partial charge in [-0.2, -0.15) is 4.98 Å². The summed E-state index contributed by atoms with van der Waals surface area (Å²) in [5, 5.41) is 6.65. The first-order valence-electron chi connectivity index (χ1n) is 9.15. The smallest absolute Gasteiger partial charge is 0.298 e. The lowest BCUT2D eigenvalue weighted by molar-refractivity contribution is 0.403. The number of piperazine rings is 1. The number of anilines is 1. The predicted molar refractivity (Wildman–Crippen MR) is 105 cm³/mol. The predicted octanol–water partition coefficient (Wildman–Crippen LogP) is 2.95. The summed E-state index contributed by atoms with van der Waals surface area (Å²) in [7, 11) is 4.16. The van der Waals surface area contributed by atoms with Crippen LogP contribution in [-0.2, 0) is 6.54 Å². The molecule has 2 bridgehead atoms. The van der Waals surface area contributed by atoms with Gasteiger partial charge in [0, 0.05) is 43.3 Å². The van der Waals surface area contributed by atoms with Crippen LogP contribution in [-0.4, -0.2) is 54.1 Å². The van der Waals surface area contributed by atoms with E-state index in [1.54, 1.807) is 11.3 Å². The Kier molecular flexibility index (Phi) is 3.95. The maximum absolute atomic E-state index is 6.29. The van der Waals surface area contributed by atoms with Gasteiger partial charge < -0.3 is 19.5 Å². The van der Waals surface area contributed by atoms with Crippen molar-refractivity contribution in [3.63, 3.8) is 0 Å². The van der Waals surface area contributed by atoms with Crippen molar-refractivity contribution >= 4 is 28.5 Å². The quantitative estimate of drug-likeness (QED) is 0.763. The number of aromatic nitrogens is 2. The van der Waals surface area contributed by atoms with Crippen LogP contribution in [0.25, 0.3) is 21.7 Å². The molecule has 0 saturated carbocycles. The summed E-state index contributed by atoms with van der Waals surface area (Å²) >= 11 is 1.64. The van der Waals surface area contributed by atoms with Gasteiger partial charge in [-0.05, 0) is 44.6 Å². The zero-order valence-corrected chi connectivity index (χ0v) is 15.9.